The minimum Gasteiger partial charge on any atom is -0.479 e. The summed E-state index contributed by atoms with van der Waals surface area (Å²) in [6.45, 7) is 0. The van der Waals surface area contributed by atoms with Crippen LogP contribution in [0.3, 0.4) is 0 Å². The van der Waals surface area contributed by atoms with Crippen LogP contribution in [0.15, 0.2) is 0 Å². The molecule has 0 aromatic rings. The molecule has 0 aliphatic carbocycles. The van der Waals surface area contributed by atoms with Crippen LogP contribution in [0.1, 0.15) is 0 Å². The van der Waals surface area contributed by atoms with E-state index in [0.29, 0.717) is 0 Å². The van der Waals surface area contributed by atoms with E-state index in [-0.39, 0.29) is 0 Å². The highest BCUT2D eigenvalue weighted by Crippen LogP contribution is 2.09. The van der Waals surface area contributed by atoms with E-state index in [4.69, 9.17) is 10.2 Å². The molecule has 0 fully saturated rings. The van der Waals surface area contributed by atoms with Gasteiger partial charge in [-0.25, -0.2) is 9.59 Å². The molecule has 0 aromatic carbocycles. The average Bonchev–Trinajstić information content (AvgIpc) is 2.00. The van der Waals surface area contributed by atoms with Crippen LogP contribution in [-0.2, 0) is 9.59 Å². The van der Waals surface area contributed by atoms with Gasteiger partial charge in [0, 0.05) is 0 Å². The molecule has 7 heteroatoms. The van der Waals surface area contributed by atoms with E-state index in [1.165, 1.54) is 7.05 Å². The molecule has 5 nitrogen and oxygen atoms in total. The molecule has 12 heavy (non-hydrogen) atoms. The van der Waals surface area contributed by atoms with Crippen LogP contribution in [0.4, 0.5) is 0 Å². The first-order chi connectivity index (χ1) is 5.37. The van der Waals surface area contributed by atoms with Crippen LogP contribution in [0, 0.1) is 0 Å². The van der Waals surface area contributed by atoms with Crippen molar-refractivity contribution in [3.8, 4) is 0 Å². The van der Waals surface area contributed by atoms with E-state index in [9.17, 15) is 9.59 Å². The van der Waals surface area contributed by atoms with Crippen molar-refractivity contribution in [3.05, 3.63) is 0 Å². The quantitative estimate of drug-likeness (QED) is 0.376. The predicted molar refractivity (Wildman–Crippen MR) is 48.6 cm³/mol. The van der Waals surface area contributed by atoms with Crippen LogP contribution >= 0.6 is 25.3 Å². The summed E-state index contributed by atoms with van der Waals surface area (Å²) in [6, 6.07) is 0. The summed E-state index contributed by atoms with van der Waals surface area (Å²) in [5, 5.41) is 14.5. The minimum atomic E-state index is -1.21. The first kappa shape index (κ1) is 11.6. The van der Waals surface area contributed by atoms with Gasteiger partial charge in [0.15, 0.2) is 10.7 Å². The van der Waals surface area contributed by atoms with Gasteiger partial charge in [-0.05, 0) is 7.05 Å². The molecule has 0 saturated heterocycles. The number of carbonyl (C=O) groups is 2. The Bertz CT molecular complexity index is 178. The Morgan fingerprint density at radius 3 is 1.58 bits per heavy atom. The van der Waals surface area contributed by atoms with E-state index in [1.807, 2.05) is 0 Å². The SMILES string of the molecule is CN(C(S)C(=O)O)C(S)C(=O)O. The number of rotatable bonds is 4. The molecule has 70 valence electrons. The van der Waals surface area contributed by atoms with Crippen LogP contribution in [0.2, 0.25) is 0 Å². The van der Waals surface area contributed by atoms with E-state index in [1.54, 1.807) is 0 Å². The number of thiol groups is 2. The largest absolute Gasteiger partial charge is 0.479 e. The topological polar surface area (TPSA) is 77.8 Å². The molecule has 0 spiro atoms. The van der Waals surface area contributed by atoms with E-state index < -0.39 is 22.7 Å². The smallest absolute Gasteiger partial charge is 0.331 e. The third-order valence-electron chi connectivity index (χ3n) is 1.21. The third-order valence-corrected chi connectivity index (χ3v) is 2.38. The van der Waals surface area contributed by atoms with Crippen molar-refractivity contribution in [1.29, 1.82) is 0 Å². The Kier molecular flexibility index (Phi) is 4.43. The lowest BCUT2D eigenvalue weighted by Crippen LogP contribution is -2.42. The molecule has 0 heterocycles. The Labute approximate surface area is 80.2 Å². The van der Waals surface area contributed by atoms with Crippen molar-refractivity contribution < 1.29 is 19.8 Å². The van der Waals surface area contributed by atoms with Gasteiger partial charge in [0.1, 0.15) is 0 Å². The van der Waals surface area contributed by atoms with E-state index in [0.717, 1.165) is 4.90 Å². The summed E-state index contributed by atoms with van der Waals surface area (Å²) < 4.78 is 0. The van der Waals surface area contributed by atoms with Crippen LogP contribution < -0.4 is 0 Å². The zero-order valence-corrected chi connectivity index (χ0v) is 8.00. The van der Waals surface area contributed by atoms with Crippen LogP contribution in [0.25, 0.3) is 0 Å². The molecule has 0 saturated carbocycles. The fourth-order valence-corrected chi connectivity index (χ4v) is 0.854. The second-order valence-electron chi connectivity index (χ2n) is 2.09. The van der Waals surface area contributed by atoms with Gasteiger partial charge in [-0.1, -0.05) is 0 Å². The van der Waals surface area contributed by atoms with Crippen molar-refractivity contribution in [2.45, 2.75) is 10.7 Å². The highest BCUT2D eigenvalue weighted by Gasteiger charge is 2.27. The van der Waals surface area contributed by atoms with Crippen molar-refractivity contribution >= 4 is 37.2 Å². The van der Waals surface area contributed by atoms with Gasteiger partial charge in [0.05, 0.1) is 0 Å². The van der Waals surface area contributed by atoms with Crippen LogP contribution in [0.5, 0.6) is 0 Å². The predicted octanol–water partition coefficient (Wildman–Crippen LogP) is -0.401. The maximum absolute atomic E-state index is 10.3. The molecular formula is C5H9NO4S2. The first-order valence-electron chi connectivity index (χ1n) is 2.91. The number of carboxylic acid groups (broad SMARTS) is 2. The molecule has 2 N–H and O–H groups in total. The Hall–Kier alpha value is -0.400. The molecule has 0 bridgehead atoms. The van der Waals surface area contributed by atoms with Gasteiger partial charge in [0.2, 0.25) is 0 Å². The number of nitrogens with zero attached hydrogens (tertiary/aromatic N) is 1. The summed E-state index contributed by atoms with van der Waals surface area (Å²) in [7, 11) is 1.32. The Morgan fingerprint density at radius 2 is 1.42 bits per heavy atom. The fraction of sp³-hybridized carbons (Fsp3) is 0.600. The number of likely N-dealkylation sites (N-methyl/N-ethyl adjacent to an activating group) is 1. The van der Waals surface area contributed by atoms with Gasteiger partial charge in [-0.2, -0.15) is 0 Å². The van der Waals surface area contributed by atoms with Gasteiger partial charge in [0.25, 0.3) is 0 Å². The lowest BCUT2D eigenvalue weighted by atomic mass is 10.5. The van der Waals surface area contributed by atoms with Crippen molar-refractivity contribution in [2.24, 2.45) is 0 Å². The number of carboxylic acids is 2. The molecule has 0 aliphatic rings. The molecule has 0 rings (SSSR count). The van der Waals surface area contributed by atoms with Crippen molar-refractivity contribution in [1.82, 2.24) is 4.90 Å². The maximum Gasteiger partial charge on any atom is 0.331 e. The Balaban J connectivity index is 4.28. The van der Waals surface area contributed by atoms with E-state index in [2.05, 4.69) is 25.3 Å². The first-order valence-corrected chi connectivity index (χ1v) is 3.95. The lowest BCUT2D eigenvalue weighted by Gasteiger charge is -2.23. The normalized spacial score (nSPS) is 15.7. The molecule has 0 aliphatic heterocycles. The molecule has 2 atom stereocenters. The molecular weight excluding hydrogens is 202 g/mol. The summed E-state index contributed by atoms with van der Waals surface area (Å²) >= 11 is 7.34. The van der Waals surface area contributed by atoms with E-state index >= 15 is 0 Å². The van der Waals surface area contributed by atoms with Crippen molar-refractivity contribution in [2.75, 3.05) is 7.05 Å². The number of hydrogen-bond acceptors (Lipinski definition) is 5. The highest BCUT2D eigenvalue weighted by atomic mass is 32.1. The van der Waals surface area contributed by atoms with Gasteiger partial charge < -0.3 is 10.2 Å². The number of hydrogen-bond donors (Lipinski definition) is 4. The van der Waals surface area contributed by atoms with Gasteiger partial charge in [-0.3, -0.25) is 4.90 Å². The monoisotopic (exact) mass is 211 g/mol. The maximum atomic E-state index is 10.3. The summed E-state index contributed by atoms with van der Waals surface area (Å²) in [5.74, 6) is -2.41. The summed E-state index contributed by atoms with van der Waals surface area (Å²) in [4.78, 5) is 21.7. The summed E-state index contributed by atoms with van der Waals surface area (Å²) in [6.07, 6.45) is 0. The third kappa shape index (κ3) is 2.92. The second-order valence-corrected chi connectivity index (χ2v) is 3.07. The fourth-order valence-electron chi connectivity index (χ4n) is 0.482. The average molecular weight is 211 g/mol. The van der Waals surface area contributed by atoms with Gasteiger partial charge in [-0.15, -0.1) is 25.3 Å². The van der Waals surface area contributed by atoms with Crippen LogP contribution in [-0.4, -0.2) is 44.8 Å². The zero-order valence-electron chi connectivity index (χ0n) is 6.21. The molecule has 2 unspecified atom stereocenters. The number of aliphatic carboxylic acids is 2. The van der Waals surface area contributed by atoms with Gasteiger partial charge >= 0.3 is 11.9 Å². The van der Waals surface area contributed by atoms with Crippen molar-refractivity contribution in [3.63, 3.8) is 0 Å². The molecule has 0 radical (unpaired) electrons. The standard InChI is InChI=1S/C5H9NO4S2/c1-6(2(11)4(7)8)3(12)5(9)10/h2-3,11-12H,1H3,(H,7,8)(H,9,10). The Morgan fingerprint density at radius 1 is 1.17 bits per heavy atom. The summed E-state index contributed by atoms with van der Waals surface area (Å²) in [5.41, 5.74) is 0. The minimum absolute atomic E-state index is 1.01. The second kappa shape index (κ2) is 4.58. The molecule has 0 aromatic heterocycles. The highest BCUT2D eigenvalue weighted by molar-refractivity contribution is 7.82. The molecule has 0 amide bonds. The lowest BCUT2D eigenvalue weighted by molar-refractivity contribution is -0.143. The zero-order chi connectivity index (χ0) is 9.89.